The van der Waals surface area contributed by atoms with Crippen molar-refractivity contribution in [3.63, 3.8) is 0 Å². The Kier molecular flexibility index (Phi) is 8.58. The highest BCUT2D eigenvalue weighted by Crippen LogP contribution is 2.26. The minimum Gasteiger partial charge on any atom is -0.497 e. The molecule has 0 spiro atoms. The van der Waals surface area contributed by atoms with E-state index in [0.29, 0.717) is 23.0 Å². The first-order valence-corrected chi connectivity index (χ1v) is 12.9. The quantitative estimate of drug-likeness (QED) is 0.425. The molecule has 0 radical (unpaired) electrons. The molecule has 0 saturated heterocycles. The summed E-state index contributed by atoms with van der Waals surface area (Å²) in [4.78, 5) is 13.0. The summed E-state index contributed by atoms with van der Waals surface area (Å²) in [5, 5.41) is 3.36. The summed E-state index contributed by atoms with van der Waals surface area (Å²) in [5.41, 5.74) is 3.72. The van der Waals surface area contributed by atoms with Crippen LogP contribution in [0.4, 0.5) is 5.69 Å². The Morgan fingerprint density at radius 1 is 0.941 bits per heavy atom. The second-order valence-corrected chi connectivity index (χ2v) is 10.0. The zero-order valence-electron chi connectivity index (χ0n) is 19.5. The molecule has 0 saturated carbocycles. The maximum Gasteiger partial charge on any atom is 0.264 e. The van der Waals surface area contributed by atoms with Crippen molar-refractivity contribution >= 4 is 33.2 Å². The molecule has 1 amide bonds. The van der Waals surface area contributed by atoms with E-state index >= 15 is 0 Å². The van der Waals surface area contributed by atoms with Crippen molar-refractivity contribution in [3.8, 4) is 5.75 Å². The molecule has 0 heterocycles. The van der Waals surface area contributed by atoms with Crippen LogP contribution in [0, 0.1) is 0 Å². The van der Waals surface area contributed by atoms with E-state index in [0.717, 1.165) is 28.3 Å². The highest BCUT2D eigenvalue weighted by molar-refractivity contribution is 7.92. The number of anilines is 1. The molecule has 34 heavy (non-hydrogen) atoms. The van der Waals surface area contributed by atoms with Crippen molar-refractivity contribution in [1.29, 1.82) is 0 Å². The summed E-state index contributed by atoms with van der Waals surface area (Å²) < 4.78 is 33.2. The molecule has 0 aromatic heterocycles. The van der Waals surface area contributed by atoms with E-state index in [2.05, 4.69) is 37.4 Å². The van der Waals surface area contributed by atoms with Crippen LogP contribution in [0.15, 0.2) is 71.6 Å². The van der Waals surface area contributed by atoms with Crippen molar-refractivity contribution in [2.24, 2.45) is 0 Å². The number of nitrogens with one attached hydrogen (secondary N) is 1. The molecule has 3 aromatic rings. The fourth-order valence-electron chi connectivity index (χ4n) is 3.59. The number of hydrogen-bond acceptors (Lipinski definition) is 4. The number of methoxy groups -OCH3 is 1. The third kappa shape index (κ3) is 6.10. The van der Waals surface area contributed by atoms with Gasteiger partial charge in [0.25, 0.3) is 10.0 Å². The van der Waals surface area contributed by atoms with Gasteiger partial charge in [0.05, 0.1) is 17.7 Å². The summed E-state index contributed by atoms with van der Waals surface area (Å²) >= 11 is 6.00. The molecule has 1 N–H and O–H groups in total. The number of carbonyl (C=O) groups excluding carboxylic acids is 1. The zero-order chi connectivity index (χ0) is 24.7. The van der Waals surface area contributed by atoms with E-state index in [-0.39, 0.29) is 11.4 Å². The Hall–Kier alpha value is -3.03. The van der Waals surface area contributed by atoms with Crippen LogP contribution in [0.2, 0.25) is 5.02 Å². The van der Waals surface area contributed by atoms with Crippen LogP contribution < -0.4 is 14.4 Å². The Morgan fingerprint density at radius 3 is 2.21 bits per heavy atom. The fraction of sp³-hybridized carbons (Fsp3) is 0.269. The molecule has 8 heteroatoms. The number of hydrogen-bond donors (Lipinski definition) is 1. The predicted octanol–water partition coefficient (Wildman–Crippen LogP) is 4.99. The number of nitrogens with zero attached hydrogens (tertiary/aromatic N) is 1. The smallest absolute Gasteiger partial charge is 0.264 e. The van der Waals surface area contributed by atoms with Gasteiger partial charge < -0.3 is 10.1 Å². The van der Waals surface area contributed by atoms with Crippen LogP contribution in [0.3, 0.4) is 0 Å². The lowest BCUT2D eigenvalue weighted by atomic mass is 10.0. The van der Waals surface area contributed by atoms with Gasteiger partial charge in [-0.1, -0.05) is 43.6 Å². The first-order valence-electron chi connectivity index (χ1n) is 11.1. The minimum absolute atomic E-state index is 0.0555. The third-order valence-corrected chi connectivity index (χ3v) is 7.63. The van der Waals surface area contributed by atoms with Gasteiger partial charge in [-0.05, 0) is 78.1 Å². The molecule has 0 fully saturated rings. The summed E-state index contributed by atoms with van der Waals surface area (Å²) in [5.74, 6) is 0.131. The Bertz CT molecular complexity index is 1230. The first kappa shape index (κ1) is 25.6. The Balaban J connectivity index is 1.86. The molecule has 3 rings (SSSR count). The highest BCUT2D eigenvalue weighted by Gasteiger charge is 2.27. The molecule has 180 valence electrons. The third-order valence-electron chi connectivity index (χ3n) is 5.59. The zero-order valence-corrected chi connectivity index (χ0v) is 21.1. The van der Waals surface area contributed by atoms with Crippen molar-refractivity contribution < 1.29 is 17.9 Å². The molecule has 0 aliphatic rings. The summed E-state index contributed by atoms with van der Waals surface area (Å²) in [6.45, 7) is 4.10. The van der Waals surface area contributed by atoms with Gasteiger partial charge in [0.2, 0.25) is 5.91 Å². The molecule has 0 aliphatic carbocycles. The SMILES string of the molecule is CCc1ccc(CC)c(CNC(=O)CN(c2ccc(Cl)cc2)S(=O)(=O)c2ccc(OC)cc2)c1. The lowest BCUT2D eigenvalue weighted by Crippen LogP contribution is -2.40. The van der Waals surface area contributed by atoms with E-state index in [9.17, 15) is 13.2 Å². The number of halogens is 1. The second kappa shape index (κ2) is 11.4. The molecule has 0 aliphatic heterocycles. The average molecular weight is 501 g/mol. The van der Waals surface area contributed by atoms with Gasteiger partial charge in [-0.15, -0.1) is 0 Å². The standard InChI is InChI=1S/C26H29ClN2O4S/c1-4-19-6-7-20(5-2)21(16-19)17-28-26(30)18-29(23-10-8-22(27)9-11-23)34(31,32)25-14-12-24(33-3)13-15-25/h6-16H,4-5,17-18H2,1-3H3,(H,28,30). The average Bonchev–Trinajstić information content (AvgIpc) is 2.86. The number of rotatable bonds is 10. The number of amides is 1. The summed E-state index contributed by atoms with van der Waals surface area (Å²) in [6, 6.07) is 18.7. The molecule has 3 aromatic carbocycles. The largest absolute Gasteiger partial charge is 0.497 e. The number of sulfonamides is 1. The highest BCUT2D eigenvalue weighted by atomic mass is 35.5. The van der Waals surface area contributed by atoms with Gasteiger partial charge in [-0.2, -0.15) is 0 Å². The molecule has 0 bridgehead atoms. The first-order chi connectivity index (χ1) is 16.3. The van der Waals surface area contributed by atoms with Crippen LogP contribution in [0.1, 0.15) is 30.5 Å². The fourth-order valence-corrected chi connectivity index (χ4v) is 5.13. The van der Waals surface area contributed by atoms with Crippen LogP contribution in [-0.2, 0) is 34.2 Å². The number of ether oxygens (including phenoxy) is 1. The normalized spacial score (nSPS) is 11.2. The van der Waals surface area contributed by atoms with Gasteiger partial charge >= 0.3 is 0 Å². The number of aryl methyl sites for hydroxylation is 2. The van der Waals surface area contributed by atoms with Gasteiger partial charge in [0.1, 0.15) is 12.3 Å². The Morgan fingerprint density at radius 2 is 1.62 bits per heavy atom. The van der Waals surface area contributed by atoms with Crippen LogP contribution in [0.5, 0.6) is 5.75 Å². The van der Waals surface area contributed by atoms with Crippen LogP contribution >= 0.6 is 11.6 Å². The van der Waals surface area contributed by atoms with E-state index in [1.54, 1.807) is 36.4 Å². The maximum atomic E-state index is 13.5. The van der Waals surface area contributed by atoms with Crippen molar-refractivity contribution in [2.45, 2.75) is 38.1 Å². The van der Waals surface area contributed by atoms with Gasteiger partial charge in [0, 0.05) is 11.6 Å². The van der Waals surface area contributed by atoms with Gasteiger partial charge in [0.15, 0.2) is 0 Å². The van der Waals surface area contributed by atoms with Crippen molar-refractivity contribution in [2.75, 3.05) is 18.0 Å². The number of carbonyl (C=O) groups is 1. The van der Waals surface area contributed by atoms with Crippen LogP contribution in [0.25, 0.3) is 0 Å². The minimum atomic E-state index is -4.02. The molecule has 0 atom stereocenters. The lowest BCUT2D eigenvalue weighted by Gasteiger charge is -2.24. The van der Waals surface area contributed by atoms with E-state index in [4.69, 9.17) is 16.3 Å². The van der Waals surface area contributed by atoms with E-state index < -0.39 is 15.9 Å². The Labute approximate surface area is 206 Å². The molecule has 0 unspecified atom stereocenters. The van der Waals surface area contributed by atoms with Crippen LogP contribution in [-0.4, -0.2) is 28.0 Å². The van der Waals surface area contributed by atoms with Gasteiger partial charge in [-0.25, -0.2) is 8.42 Å². The maximum absolute atomic E-state index is 13.5. The topological polar surface area (TPSA) is 75.7 Å². The summed E-state index contributed by atoms with van der Waals surface area (Å²) in [6.07, 6.45) is 1.74. The molecule has 6 nitrogen and oxygen atoms in total. The summed E-state index contributed by atoms with van der Waals surface area (Å²) in [7, 11) is -2.51. The molecular formula is C26H29ClN2O4S. The number of benzene rings is 3. The van der Waals surface area contributed by atoms with Gasteiger partial charge in [-0.3, -0.25) is 9.10 Å². The van der Waals surface area contributed by atoms with Crippen molar-refractivity contribution in [3.05, 3.63) is 88.4 Å². The lowest BCUT2D eigenvalue weighted by molar-refractivity contribution is -0.119. The van der Waals surface area contributed by atoms with E-state index in [1.165, 1.54) is 24.8 Å². The van der Waals surface area contributed by atoms with Crippen molar-refractivity contribution in [1.82, 2.24) is 5.32 Å². The second-order valence-electron chi connectivity index (χ2n) is 7.75. The molecular weight excluding hydrogens is 472 g/mol. The predicted molar refractivity (Wildman–Crippen MR) is 136 cm³/mol. The monoisotopic (exact) mass is 500 g/mol. The van der Waals surface area contributed by atoms with E-state index in [1.807, 2.05) is 0 Å².